The summed E-state index contributed by atoms with van der Waals surface area (Å²) in [6, 6.07) is 3.36. The van der Waals surface area contributed by atoms with Crippen molar-refractivity contribution in [2.45, 2.75) is 25.8 Å². The lowest BCUT2D eigenvalue weighted by Crippen LogP contribution is -2.18. The molecule has 0 saturated heterocycles. The average molecular weight is 315 g/mol. The van der Waals surface area contributed by atoms with Crippen molar-refractivity contribution in [3.05, 3.63) is 47.9 Å². The van der Waals surface area contributed by atoms with Gasteiger partial charge in [0.2, 0.25) is 6.17 Å². The molecule has 0 fully saturated rings. The summed E-state index contributed by atoms with van der Waals surface area (Å²) in [5.74, 6) is -0.803. The lowest BCUT2D eigenvalue weighted by Gasteiger charge is -2.10. The van der Waals surface area contributed by atoms with E-state index in [1.807, 2.05) is 6.92 Å². The number of nitrogens with zero attached hydrogens (tertiary/aromatic N) is 2. The maximum absolute atomic E-state index is 14.0. The van der Waals surface area contributed by atoms with Crippen molar-refractivity contribution in [3.8, 4) is 0 Å². The molecule has 1 amide bonds. The van der Waals surface area contributed by atoms with Gasteiger partial charge in [0.25, 0.3) is 5.91 Å². The number of imidazole rings is 1. The largest absolute Gasteiger partial charge is 0.416 e. The maximum atomic E-state index is 14.0. The Morgan fingerprint density at radius 3 is 2.45 bits per heavy atom. The number of hydrogen-bond donors (Lipinski definition) is 1. The molecule has 2 rings (SSSR count). The summed E-state index contributed by atoms with van der Waals surface area (Å²) in [6.07, 6.45) is -3.58. The molecule has 1 aromatic carbocycles. The van der Waals surface area contributed by atoms with Gasteiger partial charge in [0.05, 0.1) is 11.9 Å². The van der Waals surface area contributed by atoms with Crippen LogP contribution >= 0.6 is 0 Å². The molecule has 22 heavy (non-hydrogen) atoms. The molecule has 2 aromatic rings. The van der Waals surface area contributed by atoms with Crippen LogP contribution in [0.3, 0.4) is 0 Å². The fraction of sp³-hybridized carbons (Fsp3) is 0.286. The third-order valence-corrected chi connectivity index (χ3v) is 3.01. The first kappa shape index (κ1) is 16.0. The Labute approximate surface area is 123 Å². The molecular weight excluding hydrogens is 302 g/mol. The Bertz CT molecular complexity index is 649. The second-order valence-electron chi connectivity index (χ2n) is 4.56. The van der Waals surface area contributed by atoms with Crippen molar-refractivity contribution < 1.29 is 22.4 Å². The highest BCUT2D eigenvalue weighted by Crippen LogP contribution is 2.30. The van der Waals surface area contributed by atoms with Crippen molar-refractivity contribution >= 4 is 11.7 Å². The third kappa shape index (κ3) is 3.63. The van der Waals surface area contributed by atoms with Gasteiger partial charge in [-0.15, -0.1) is 0 Å². The molecule has 0 spiro atoms. The topological polar surface area (TPSA) is 46.9 Å². The van der Waals surface area contributed by atoms with E-state index in [-0.39, 0.29) is 11.4 Å². The molecule has 1 heterocycles. The highest BCUT2D eigenvalue weighted by molar-refractivity contribution is 5.93. The summed E-state index contributed by atoms with van der Waals surface area (Å²) < 4.78 is 52.9. The molecule has 1 aromatic heterocycles. The number of amides is 1. The number of hydrogen-bond acceptors (Lipinski definition) is 2. The quantitative estimate of drug-likeness (QED) is 0.877. The summed E-state index contributed by atoms with van der Waals surface area (Å²) in [5.41, 5.74) is -1.05. The molecule has 0 aliphatic carbocycles. The third-order valence-electron chi connectivity index (χ3n) is 3.01. The van der Waals surface area contributed by atoms with Crippen LogP contribution in [0, 0.1) is 0 Å². The molecule has 0 aliphatic heterocycles. The summed E-state index contributed by atoms with van der Waals surface area (Å²) in [5, 5.41) is 2.27. The standard InChI is InChI=1S/C14H13F4N3O/c1-2-21-7-11(19-8-21)20-13(22)12(15)9-3-5-10(6-4-9)14(16,17)18/h3-8,12H,2H2,1H3,(H,20,22). The Balaban J connectivity index is 2.06. The molecular formula is C14H13F4N3O. The summed E-state index contributed by atoms with van der Waals surface area (Å²) >= 11 is 0. The van der Waals surface area contributed by atoms with Gasteiger partial charge in [-0.25, -0.2) is 9.37 Å². The van der Waals surface area contributed by atoms with Crippen LogP contribution in [0.15, 0.2) is 36.8 Å². The zero-order valence-corrected chi connectivity index (χ0v) is 11.6. The van der Waals surface area contributed by atoms with Crippen LogP contribution in [0.4, 0.5) is 23.4 Å². The Morgan fingerprint density at radius 2 is 1.95 bits per heavy atom. The predicted molar refractivity (Wildman–Crippen MR) is 71.8 cm³/mol. The number of aromatic nitrogens is 2. The zero-order valence-electron chi connectivity index (χ0n) is 11.6. The smallest absolute Gasteiger partial charge is 0.336 e. The van der Waals surface area contributed by atoms with E-state index in [1.165, 1.54) is 12.5 Å². The van der Waals surface area contributed by atoms with Crippen LogP contribution in [0.25, 0.3) is 0 Å². The van der Waals surface area contributed by atoms with E-state index in [4.69, 9.17) is 0 Å². The normalized spacial score (nSPS) is 13.0. The number of rotatable bonds is 4. The van der Waals surface area contributed by atoms with Gasteiger partial charge in [-0.1, -0.05) is 12.1 Å². The fourth-order valence-electron chi connectivity index (χ4n) is 1.78. The first-order valence-corrected chi connectivity index (χ1v) is 6.45. The molecule has 1 N–H and O–H groups in total. The molecule has 0 bridgehead atoms. The predicted octanol–water partition coefficient (Wildman–Crippen LogP) is 3.57. The number of benzene rings is 1. The van der Waals surface area contributed by atoms with Crippen LogP contribution in [0.2, 0.25) is 0 Å². The van der Waals surface area contributed by atoms with Gasteiger partial charge in [0.15, 0.2) is 5.82 Å². The number of alkyl halides is 4. The molecule has 118 valence electrons. The van der Waals surface area contributed by atoms with E-state index in [0.717, 1.165) is 24.3 Å². The van der Waals surface area contributed by atoms with Gasteiger partial charge in [0.1, 0.15) is 0 Å². The summed E-state index contributed by atoms with van der Waals surface area (Å²) in [4.78, 5) is 15.6. The first-order valence-electron chi connectivity index (χ1n) is 6.45. The van der Waals surface area contributed by atoms with Crippen LogP contribution in [0.1, 0.15) is 24.2 Å². The zero-order chi connectivity index (χ0) is 16.3. The van der Waals surface area contributed by atoms with E-state index in [9.17, 15) is 22.4 Å². The average Bonchev–Trinajstić information content (AvgIpc) is 2.93. The van der Waals surface area contributed by atoms with Gasteiger partial charge < -0.3 is 9.88 Å². The Morgan fingerprint density at radius 1 is 1.32 bits per heavy atom. The first-order chi connectivity index (χ1) is 10.3. The SMILES string of the molecule is CCn1cnc(NC(=O)C(F)c2ccc(C(F)(F)F)cc2)c1. The van der Waals surface area contributed by atoms with Crippen LogP contribution < -0.4 is 5.32 Å². The number of nitrogens with one attached hydrogen (secondary N) is 1. The molecule has 4 nitrogen and oxygen atoms in total. The van der Waals surface area contributed by atoms with Gasteiger partial charge in [-0.2, -0.15) is 13.2 Å². The number of carbonyl (C=O) groups is 1. The van der Waals surface area contributed by atoms with E-state index < -0.39 is 23.8 Å². The lowest BCUT2D eigenvalue weighted by molar-refractivity contribution is -0.137. The van der Waals surface area contributed by atoms with Gasteiger partial charge in [-0.05, 0) is 24.6 Å². The fourth-order valence-corrected chi connectivity index (χ4v) is 1.78. The maximum Gasteiger partial charge on any atom is 0.416 e. The van der Waals surface area contributed by atoms with E-state index in [0.29, 0.717) is 6.54 Å². The number of anilines is 1. The second-order valence-corrected chi connectivity index (χ2v) is 4.56. The van der Waals surface area contributed by atoms with Gasteiger partial charge in [0, 0.05) is 12.7 Å². The minimum absolute atomic E-state index is 0.152. The number of carbonyl (C=O) groups excluding carboxylic acids is 1. The minimum atomic E-state index is -4.50. The van der Waals surface area contributed by atoms with Crippen molar-refractivity contribution in [3.63, 3.8) is 0 Å². The van der Waals surface area contributed by atoms with E-state index in [2.05, 4.69) is 10.3 Å². The van der Waals surface area contributed by atoms with Gasteiger partial charge >= 0.3 is 6.18 Å². The van der Waals surface area contributed by atoms with E-state index in [1.54, 1.807) is 4.57 Å². The second kappa shape index (κ2) is 6.17. The van der Waals surface area contributed by atoms with Crippen molar-refractivity contribution in [1.29, 1.82) is 0 Å². The van der Waals surface area contributed by atoms with E-state index >= 15 is 0 Å². The Hall–Kier alpha value is -2.38. The highest BCUT2D eigenvalue weighted by Gasteiger charge is 2.30. The molecule has 1 unspecified atom stereocenters. The summed E-state index contributed by atoms with van der Waals surface area (Å²) in [7, 11) is 0. The van der Waals surface area contributed by atoms with Crippen LogP contribution in [0.5, 0.6) is 0 Å². The molecule has 1 atom stereocenters. The van der Waals surface area contributed by atoms with Gasteiger partial charge in [-0.3, -0.25) is 4.79 Å². The Kier molecular flexibility index (Phi) is 4.48. The minimum Gasteiger partial charge on any atom is -0.336 e. The monoisotopic (exact) mass is 315 g/mol. The molecule has 0 radical (unpaired) electrons. The number of halogens is 4. The van der Waals surface area contributed by atoms with Crippen LogP contribution in [-0.2, 0) is 17.5 Å². The van der Waals surface area contributed by atoms with Crippen molar-refractivity contribution in [1.82, 2.24) is 9.55 Å². The molecule has 0 aliphatic rings. The van der Waals surface area contributed by atoms with Crippen LogP contribution in [-0.4, -0.2) is 15.5 Å². The molecule has 0 saturated carbocycles. The molecule has 8 heteroatoms. The number of aryl methyl sites for hydroxylation is 1. The van der Waals surface area contributed by atoms with Crippen molar-refractivity contribution in [2.75, 3.05) is 5.32 Å². The lowest BCUT2D eigenvalue weighted by atomic mass is 10.1. The summed E-state index contributed by atoms with van der Waals surface area (Å²) in [6.45, 7) is 2.51. The highest BCUT2D eigenvalue weighted by atomic mass is 19.4. The van der Waals surface area contributed by atoms with Crippen molar-refractivity contribution in [2.24, 2.45) is 0 Å².